The number of amides is 1. The fourth-order valence-electron chi connectivity index (χ4n) is 1.56. The molecule has 0 aliphatic carbocycles. The highest BCUT2D eigenvalue weighted by Crippen LogP contribution is 2.23. The van der Waals surface area contributed by atoms with Gasteiger partial charge in [-0.25, -0.2) is 4.39 Å². The third-order valence-corrected chi connectivity index (χ3v) is 2.42. The first-order chi connectivity index (χ1) is 9.38. The van der Waals surface area contributed by atoms with E-state index in [-0.39, 0.29) is 5.69 Å². The van der Waals surface area contributed by atoms with E-state index in [9.17, 15) is 23.7 Å². The van der Waals surface area contributed by atoms with Gasteiger partial charge in [0.1, 0.15) is 5.82 Å². The molecule has 0 saturated carbocycles. The van der Waals surface area contributed by atoms with Crippen molar-refractivity contribution in [2.45, 2.75) is 0 Å². The van der Waals surface area contributed by atoms with Crippen LogP contribution < -0.4 is 5.32 Å². The zero-order valence-corrected chi connectivity index (χ0v) is 10.1. The fourth-order valence-corrected chi connectivity index (χ4v) is 1.56. The highest BCUT2D eigenvalue weighted by molar-refractivity contribution is 6.04. The molecule has 104 valence electrons. The molecule has 0 fully saturated rings. The maximum atomic E-state index is 13.8. The number of hydrogen-bond acceptors (Lipinski definition) is 4. The van der Waals surface area contributed by atoms with Crippen LogP contribution in [0.5, 0.6) is 0 Å². The van der Waals surface area contributed by atoms with E-state index in [1.54, 1.807) is 7.05 Å². The number of hydrogen-bond donors (Lipinski definition) is 1. The Bertz CT molecular complexity index is 699. The van der Waals surface area contributed by atoms with Gasteiger partial charge in [0, 0.05) is 13.2 Å². The lowest BCUT2D eigenvalue weighted by atomic mass is 10.1. The van der Waals surface area contributed by atoms with Gasteiger partial charge >= 0.3 is 5.69 Å². The molecule has 9 heteroatoms. The molecule has 0 aliphatic heterocycles. The number of anilines is 1. The number of nitro groups is 1. The predicted molar refractivity (Wildman–Crippen MR) is 64.2 cm³/mol. The minimum absolute atomic E-state index is 0.254. The van der Waals surface area contributed by atoms with Crippen LogP contribution >= 0.6 is 0 Å². The number of benzene rings is 1. The Morgan fingerprint density at radius 3 is 2.70 bits per heavy atom. The van der Waals surface area contributed by atoms with Gasteiger partial charge in [-0.15, -0.1) is 0 Å². The van der Waals surface area contributed by atoms with Crippen LogP contribution in [-0.4, -0.2) is 20.6 Å². The van der Waals surface area contributed by atoms with E-state index in [2.05, 4.69) is 10.4 Å². The number of aryl methyl sites for hydroxylation is 1. The predicted octanol–water partition coefficient (Wildman–Crippen LogP) is 1.86. The van der Waals surface area contributed by atoms with Crippen LogP contribution in [0.1, 0.15) is 10.4 Å². The molecule has 0 bridgehead atoms. The van der Waals surface area contributed by atoms with Gasteiger partial charge in [-0.2, -0.15) is 9.49 Å². The number of aromatic nitrogens is 2. The third-order valence-electron chi connectivity index (χ3n) is 2.42. The summed E-state index contributed by atoms with van der Waals surface area (Å²) in [6, 6.07) is 1.00. The minimum atomic E-state index is -1.39. The SMILES string of the molecule is Cn1cc(NC(=O)c2cc(F)cc([N+](=O)[O-])c2F)cn1. The van der Waals surface area contributed by atoms with Gasteiger partial charge in [0.15, 0.2) is 0 Å². The van der Waals surface area contributed by atoms with Crippen LogP contribution in [0.2, 0.25) is 0 Å². The van der Waals surface area contributed by atoms with Crippen LogP contribution in [0.25, 0.3) is 0 Å². The largest absolute Gasteiger partial charge is 0.319 e. The third kappa shape index (κ3) is 2.60. The lowest BCUT2D eigenvalue weighted by Crippen LogP contribution is -2.15. The summed E-state index contributed by atoms with van der Waals surface area (Å²) in [5.74, 6) is -3.47. The monoisotopic (exact) mass is 282 g/mol. The van der Waals surface area contributed by atoms with Crippen LogP contribution in [0.4, 0.5) is 20.2 Å². The van der Waals surface area contributed by atoms with Crippen molar-refractivity contribution < 1.29 is 18.5 Å². The number of rotatable bonds is 3. The average molecular weight is 282 g/mol. The Morgan fingerprint density at radius 2 is 2.15 bits per heavy atom. The second kappa shape index (κ2) is 5.03. The quantitative estimate of drug-likeness (QED) is 0.687. The molecule has 0 radical (unpaired) electrons. The van der Waals surface area contributed by atoms with E-state index < -0.39 is 33.7 Å². The summed E-state index contributed by atoms with van der Waals surface area (Å²) in [6.07, 6.45) is 2.73. The molecule has 1 amide bonds. The summed E-state index contributed by atoms with van der Waals surface area (Å²) in [4.78, 5) is 21.3. The Hall–Kier alpha value is -2.84. The van der Waals surface area contributed by atoms with E-state index in [0.717, 1.165) is 0 Å². The first kappa shape index (κ1) is 13.6. The second-order valence-corrected chi connectivity index (χ2v) is 3.90. The standard InChI is InChI=1S/C11H8F2N4O3/c1-16-5-7(4-14-16)15-11(18)8-2-6(12)3-9(10(8)13)17(19)20/h2-5H,1H3,(H,15,18). The van der Waals surface area contributed by atoms with E-state index in [4.69, 9.17) is 0 Å². The normalized spacial score (nSPS) is 10.3. The van der Waals surface area contributed by atoms with Crippen molar-refractivity contribution >= 4 is 17.3 Å². The molecule has 0 atom stereocenters. The number of nitrogens with one attached hydrogen (secondary N) is 1. The number of carbonyl (C=O) groups excluding carboxylic acids is 1. The van der Waals surface area contributed by atoms with Gasteiger partial charge in [-0.3, -0.25) is 19.6 Å². The minimum Gasteiger partial charge on any atom is -0.319 e. The molecule has 0 saturated heterocycles. The topological polar surface area (TPSA) is 90.1 Å². The van der Waals surface area contributed by atoms with Gasteiger partial charge in [-0.05, 0) is 6.07 Å². The van der Waals surface area contributed by atoms with Crippen LogP contribution in [0.3, 0.4) is 0 Å². The van der Waals surface area contributed by atoms with E-state index >= 15 is 0 Å². The number of nitro benzene ring substituents is 1. The summed E-state index contributed by atoms with van der Waals surface area (Å²) >= 11 is 0. The molecule has 1 aromatic carbocycles. The Morgan fingerprint density at radius 1 is 1.45 bits per heavy atom. The Kier molecular flexibility index (Phi) is 3.42. The molecule has 7 nitrogen and oxygen atoms in total. The van der Waals surface area contributed by atoms with Crippen LogP contribution in [-0.2, 0) is 7.05 Å². The lowest BCUT2D eigenvalue weighted by molar-refractivity contribution is -0.387. The number of nitrogens with zero attached hydrogens (tertiary/aromatic N) is 3. The molecule has 0 spiro atoms. The summed E-state index contributed by atoms with van der Waals surface area (Å²) in [7, 11) is 1.60. The van der Waals surface area contributed by atoms with Crippen molar-refractivity contribution in [2.75, 3.05) is 5.32 Å². The number of halogens is 2. The Balaban J connectivity index is 2.37. The molecule has 1 heterocycles. The summed E-state index contributed by atoms with van der Waals surface area (Å²) in [5, 5.41) is 16.6. The maximum Gasteiger partial charge on any atom is 0.308 e. The van der Waals surface area contributed by atoms with E-state index in [0.29, 0.717) is 12.1 Å². The Labute approximate surface area is 111 Å². The summed E-state index contributed by atoms with van der Waals surface area (Å²) in [5.41, 5.74) is -1.59. The molecule has 2 rings (SSSR count). The van der Waals surface area contributed by atoms with Crippen molar-refractivity contribution in [2.24, 2.45) is 7.05 Å². The van der Waals surface area contributed by atoms with Gasteiger partial charge in [-0.1, -0.05) is 0 Å². The molecule has 20 heavy (non-hydrogen) atoms. The zero-order valence-electron chi connectivity index (χ0n) is 10.1. The smallest absolute Gasteiger partial charge is 0.308 e. The van der Waals surface area contributed by atoms with Crippen LogP contribution in [0, 0.1) is 21.7 Å². The van der Waals surface area contributed by atoms with E-state index in [1.807, 2.05) is 0 Å². The molecular formula is C11H8F2N4O3. The van der Waals surface area contributed by atoms with Gasteiger partial charge in [0.2, 0.25) is 5.82 Å². The van der Waals surface area contributed by atoms with Gasteiger partial charge < -0.3 is 5.32 Å². The molecular weight excluding hydrogens is 274 g/mol. The van der Waals surface area contributed by atoms with Crippen molar-refractivity contribution in [1.29, 1.82) is 0 Å². The highest BCUT2D eigenvalue weighted by Gasteiger charge is 2.24. The molecule has 1 aromatic heterocycles. The first-order valence-electron chi connectivity index (χ1n) is 5.32. The average Bonchev–Trinajstić information content (AvgIpc) is 2.76. The molecule has 1 N–H and O–H groups in total. The van der Waals surface area contributed by atoms with Crippen molar-refractivity contribution in [1.82, 2.24) is 9.78 Å². The molecule has 2 aromatic rings. The number of carbonyl (C=O) groups is 1. The van der Waals surface area contributed by atoms with Gasteiger partial charge in [0.05, 0.1) is 28.4 Å². The zero-order chi connectivity index (χ0) is 14.9. The van der Waals surface area contributed by atoms with E-state index in [1.165, 1.54) is 17.1 Å². The second-order valence-electron chi connectivity index (χ2n) is 3.90. The highest BCUT2D eigenvalue weighted by atomic mass is 19.1. The summed E-state index contributed by atoms with van der Waals surface area (Å²) < 4.78 is 28.4. The first-order valence-corrected chi connectivity index (χ1v) is 5.32. The van der Waals surface area contributed by atoms with Crippen LogP contribution in [0.15, 0.2) is 24.5 Å². The van der Waals surface area contributed by atoms with Crippen molar-refractivity contribution in [3.8, 4) is 0 Å². The van der Waals surface area contributed by atoms with Crippen molar-refractivity contribution in [3.63, 3.8) is 0 Å². The molecule has 0 unspecified atom stereocenters. The molecule has 0 aliphatic rings. The maximum absolute atomic E-state index is 13.8. The van der Waals surface area contributed by atoms with Crippen molar-refractivity contribution in [3.05, 3.63) is 51.8 Å². The lowest BCUT2D eigenvalue weighted by Gasteiger charge is -2.04. The fraction of sp³-hybridized carbons (Fsp3) is 0.0909. The summed E-state index contributed by atoms with van der Waals surface area (Å²) in [6.45, 7) is 0. The van der Waals surface area contributed by atoms with Gasteiger partial charge in [0.25, 0.3) is 5.91 Å².